The van der Waals surface area contributed by atoms with Gasteiger partial charge in [-0.05, 0) is 42.8 Å². The Morgan fingerprint density at radius 1 is 1.21 bits per heavy atom. The predicted molar refractivity (Wildman–Crippen MR) is 72.1 cm³/mol. The lowest BCUT2D eigenvalue weighted by atomic mass is 10.2. The van der Waals surface area contributed by atoms with E-state index in [0.717, 1.165) is 17.7 Å². The van der Waals surface area contributed by atoms with Gasteiger partial charge in [0.05, 0.1) is 13.2 Å². The number of aliphatic hydroxyl groups excluding tert-OH is 1. The second-order valence-corrected chi connectivity index (χ2v) is 4.44. The molecule has 1 aromatic carbocycles. The Hall–Kier alpha value is -1.65. The van der Waals surface area contributed by atoms with Crippen molar-refractivity contribution < 1.29 is 13.9 Å². The second kappa shape index (κ2) is 6.50. The minimum atomic E-state index is -0.258. The highest BCUT2D eigenvalue weighted by molar-refractivity contribution is 5.57. The maximum Gasteiger partial charge on any atom is 0.134 e. The van der Waals surface area contributed by atoms with E-state index in [1.165, 1.54) is 12.1 Å². The van der Waals surface area contributed by atoms with Gasteiger partial charge in [0.1, 0.15) is 17.3 Å². The van der Waals surface area contributed by atoms with Crippen LogP contribution < -0.4 is 5.32 Å². The quantitative estimate of drug-likeness (QED) is 0.842. The number of nitrogens with one attached hydrogen (secondary N) is 1. The van der Waals surface area contributed by atoms with E-state index in [1.807, 2.05) is 19.1 Å². The molecule has 1 unspecified atom stereocenters. The number of furan rings is 1. The molecule has 1 heterocycles. The molecule has 0 bridgehead atoms. The van der Waals surface area contributed by atoms with E-state index in [0.29, 0.717) is 12.3 Å². The van der Waals surface area contributed by atoms with E-state index in [1.54, 1.807) is 12.1 Å². The summed E-state index contributed by atoms with van der Waals surface area (Å²) >= 11 is 0. The lowest BCUT2D eigenvalue weighted by Crippen LogP contribution is -2.30. The molecule has 0 saturated heterocycles. The minimum Gasteiger partial charge on any atom is -0.460 e. The molecule has 102 valence electrons. The Morgan fingerprint density at radius 2 is 1.95 bits per heavy atom. The van der Waals surface area contributed by atoms with Gasteiger partial charge in [0.15, 0.2) is 0 Å². The van der Waals surface area contributed by atoms with Crippen molar-refractivity contribution in [3.05, 3.63) is 48.0 Å². The molecule has 1 atom stereocenters. The van der Waals surface area contributed by atoms with E-state index < -0.39 is 0 Å². The molecule has 4 heteroatoms. The van der Waals surface area contributed by atoms with Crippen molar-refractivity contribution in [3.63, 3.8) is 0 Å². The molecule has 2 rings (SSSR count). The van der Waals surface area contributed by atoms with Gasteiger partial charge < -0.3 is 14.8 Å². The normalized spacial score (nSPS) is 12.6. The first-order valence-corrected chi connectivity index (χ1v) is 6.41. The predicted octanol–water partition coefficient (Wildman–Crippen LogP) is 2.95. The molecule has 0 aliphatic carbocycles. The van der Waals surface area contributed by atoms with Crippen molar-refractivity contribution in [1.29, 1.82) is 0 Å². The summed E-state index contributed by atoms with van der Waals surface area (Å²) in [6.45, 7) is 2.70. The summed E-state index contributed by atoms with van der Waals surface area (Å²) in [5.41, 5.74) is 0.849. The third-order valence-electron chi connectivity index (χ3n) is 3.07. The molecule has 19 heavy (non-hydrogen) atoms. The first-order valence-electron chi connectivity index (χ1n) is 6.41. The molecule has 0 fully saturated rings. The zero-order valence-electron chi connectivity index (χ0n) is 10.9. The zero-order valence-corrected chi connectivity index (χ0v) is 10.9. The summed E-state index contributed by atoms with van der Waals surface area (Å²) in [7, 11) is 0. The SMILES string of the molecule is CCC(CO)NCc1ccc(-c2ccc(F)cc2)o1. The van der Waals surface area contributed by atoms with E-state index in [-0.39, 0.29) is 18.5 Å². The largest absolute Gasteiger partial charge is 0.460 e. The molecular weight excluding hydrogens is 245 g/mol. The minimum absolute atomic E-state index is 0.0828. The molecule has 3 nitrogen and oxygen atoms in total. The summed E-state index contributed by atoms with van der Waals surface area (Å²) in [6, 6.07) is 10.0. The number of rotatable bonds is 6. The smallest absolute Gasteiger partial charge is 0.134 e. The number of hydrogen-bond acceptors (Lipinski definition) is 3. The third kappa shape index (κ3) is 3.66. The van der Waals surface area contributed by atoms with Gasteiger partial charge in [-0.25, -0.2) is 4.39 Å². The Morgan fingerprint density at radius 3 is 2.58 bits per heavy atom. The van der Waals surface area contributed by atoms with E-state index >= 15 is 0 Å². The van der Waals surface area contributed by atoms with Gasteiger partial charge in [-0.2, -0.15) is 0 Å². The van der Waals surface area contributed by atoms with Crippen LogP contribution in [-0.2, 0) is 6.54 Å². The number of halogens is 1. The maximum absolute atomic E-state index is 12.8. The fraction of sp³-hybridized carbons (Fsp3) is 0.333. The van der Waals surface area contributed by atoms with E-state index in [2.05, 4.69) is 5.32 Å². The Kier molecular flexibility index (Phi) is 4.71. The molecule has 0 aliphatic heterocycles. The van der Waals surface area contributed by atoms with Gasteiger partial charge in [-0.1, -0.05) is 6.92 Å². The average Bonchev–Trinajstić information content (AvgIpc) is 2.89. The Bertz CT molecular complexity index is 503. The first kappa shape index (κ1) is 13.8. The summed E-state index contributed by atoms with van der Waals surface area (Å²) in [4.78, 5) is 0. The highest BCUT2D eigenvalue weighted by Crippen LogP contribution is 2.22. The lowest BCUT2D eigenvalue weighted by Gasteiger charge is -2.12. The van der Waals surface area contributed by atoms with Gasteiger partial charge in [-0.3, -0.25) is 0 Å². The van der Waals surface area contributed by atoms with E-state index in [4.69, 9.17) is 9.52 Å². The van der Waals surface area contributed by atoms with Crippen LogP contribution in [0.1, 0.15) is 19.1 Å². The highest BCUT2D eigenvalue weighted by atomic mass is 19.1. The molecule has 0 aliphatic rings. The van der Waals surface area contributed by atoms with Crippen molar-refractivity contribution in [2.24, 2.45) is 0 Å². The van der Waals surface area contributed by atoms with Crippen molar-refractivity contribution in [2.75, 3.05) is 6.61 Å². The van der Waals surface area contributed by atoms with Crippen LogP contribution in [0.15, 0.2) is 40.8 Å². The van der Waals surface area contributed by atoms with Gasteiger partial charge in [0.25, 0.3) is 0 Å². The second-order valence-electron chi connectivity index (χ2n) is 4.44. The van der Waals surface area contributed by atoms with Crippen molar-refractivity contribution in [2.45, 2.75) is 25.9 Å². The van der Waals surface area contributed by atoms with Gasteiger partial charge in [-0.15, -0.1) is 0 Å². The van der Waals surface area contributed by atoms with Crippen molar-refractivity contribution >= 4 is 0 Å². The first-order chi connectivity index (χ1) is 9.22. The standard InChI is InChI=1S/C15H18FNO2/c1-2-13(10-18)17-9-14-7-8-15(19-14)11-3-5-12(16)6-4-11/h3-8,13,17-18H,2,9-10H2,1H3. The third-order valence-corrected chi connectivity index (χ3v) is 3.07. The average molecular weight is 263 g/mol. The van der Waals surface area contributed by atoms with Crippen LogP contribution in [0.2, 0.25) is 0 Å². The molecule has 0 amide bonds. The van der Waals surface area contributed by atoms with Crippen LogP contribution in [0.5, 0.6) is 0 Å². The van der Waals surface area contributed by atoms with Gasteiger partial charge >= 0.3 is 0 Å². The fourth-order valence-corrected chi connectivity index (χ4v) is 1.83. The maximum atomic E-state index is 12.8. The topological polar surface area (TPSA) is 45.4 Å². The summed E-state index contributed by atoms with van der Waals surface area (Å²) in [5.74, 6) is 1.26. The zero-order chi connectivity index (χ0) is 13.7. The van der Waals surface area contributed by atoms with Crippen LogP contribution in [0.4, 0.5) is 4.39 Å². The van der Waals surface area contributed by atoms with Gasteiger partial charge in [0, 0.05) is 11.6 Å². The number of benzene rings is 1. The van der Waals surface area contributed by atoms with Crippen molar-refractivity contribution in [1.82, 2.24) is 5.32 Å². The molecular formula is C15H18FNO2. The highest BCUT2D eigenvalue weighted by Gasteiger charge is 2.07. The molecule has 0 radical (unpaired) electrons. The fourth-order valence-electron chi connectivity index (χ4n) is 1.83. The van der Waals surface area contributed by atoms with Gasteiger partial charge in [0.2, 0.25) is 0 Å². The molecule has 0 saturated carbocycles. The lowest BCUT2D eigenvalue weighted by molar-refractivity contribution is 0.235. The van der Waals surface area contributed by atoms with Crippen LogP contribution in [0, 0.1) is 5.82 Å². The van der Waals surface area contributed by atoms with Crippen molar-refractivity contribution in [3.8, 4) is 11.3 Å². The van der Waals surface area contributed by atoms with E-state index in [9.17, 15) is 4.39 Å². The number of aliphatic hydroxyl groups is 1. The number of hydrogen-bond donors (Lipinski definition) is 2. The molecule has 1 aromatic heterocycles. The molecule has 2 aromatic rings. The van der Waals surface area contributed by atoms with Crippen LogP contribution in [-0.4, -0.2) is 17.8 Å². The Balaban J connectivity index is 2.01. The van der Waals surface area contributed by atoms with Crippen LogP contribution in [0.25, 0.3) is 11.3 Å². The summed E-state index contributed by atoms with van der Waals surface area (Å²) in [6.07, 6.45) is 0.863. The van der Waals surface area contributed by atoms with Crippen LogP contribution >= 0.6 is 0 Å². The summed E-state index contributed by atoms with van der Waals surface area (Å²) < 4.78 is 18.5. The summed E-state index contributed by atoms with van der Waals surface area (Å²) in [5, 5.41) is 12.3. The molecule has 2 N–H and O–H groups in total. The van der Waals surface area contributed by atoms with Crippen LogP contribution in [0.3, 0.4) is 0 Å². The monoisotopic (exact) mass is 263 g/mol. The Labute approximate surface area is 112 Å². The molecule has 0 spiro atoms.